The van der Waals surface area contributed by atoms with E-state index in [0.717, 1.165) is 37.5 Å². The first-order chi connectivity index (χ1) is 13.3. The number of imidazole rings is 1. The summed E-state index contributed by atoms with van der Waals surface area (Å²) < 4.78 is 16.3. The van der Waals surface area contributed by atoms with Gasteiger partial charge in [-0.15, -0.1) is 0 Å². The van der Waals surface area contributed by atoms with Gasteiger partial charge in [-0.2, -0.15) is 0 Å². The number of nitrogens with zero attached hydrogens (tertiary/aromatic N) is 5. The maximum Gasteiger partial charge on any atom is 0.223 e. The second-order valence-corrected chi connectivity index (χ2v) is 7.63. The van der Waals surface area contributed by atoms with E-state index >= 15 is 0 Å². The molecule has 1 N–H and O–H groups in total. The Balaban J connectivity index is 1.32. The summed E-state index contributed by atoms with van der Waals surface area (Å²) in [4.78, 5) is 15.5. The van der Waals surface area contributed by atoms with Crippen LogP contribution in [0.15, 0.2) is 36.8 Å². The number of aromatic nitrogens is 4. The molecule has 3 aromatic heterocycles. The van der Waals surface area contributed by atoms with E-state index in [1.807, 2.05) is 28.8 Å². The average molecular weight is 366 g/mol. The van der Waals surface area contributed by atoms with Crippen molar-refractivity contribution in [1.29, 1.82) is 0 Å². The molecule has 2 aliphatic rings. The molecule has 0 radical (unpaired) electrons. The minimum absolute atomic E-state index is 0.275. The minimum atomic E-state index is -0.439. The Morgan fingerprint density at radius 1 is 1.07 bits per heavy atom. The second-order valence-electron chi connectivity index (χ2n) is 7.63. The van der Waals surface area contributed by atoms with Gasteiger partial charge in [0.25, 0.3) is 0 Å². The number of fused-ring (bicyclic) bond motifs is 1. The largest absolute Gasteiger partial charge is 0.351 e. The van der Waals surface area contributed by atoms with Gasteiger partial charge in [-0.25, -0.2) is 19.3 Å². The lowest BCUT2D eigenvalue weighted by Crippen LogP contribution is -2.40. The molecular formula is C20H23FN6. The van der Waals surface area contributed by atoms with Crippen LogP contribution in [0.25, 0.3) is 17.0 Å². The molecule has 2 fully saturated rings. The Kier molecular flexibility index (Phi) is 4.24. The van der Waals surface area contributed by atoms with Gasteiger partial charge < -0.3 is 10.2 Å². The first-order valence-electron chi connectivity index (χ1n) is 9.70. The summed E-state index contributed by atoms with van der Waals surface area (Å²) in [6.07, 6.45) is 9.69. The molecule has 1 aliphatic heterocycles. The van der Waals surface area contributed by atoms with Gasteiger partial charge in [-0.3, -0.25) is 4.40 Å². The smallest absolute Gasteiger partial charge is 0.223 e. The molecule has 3 aromatic rings. The van der Waals surface area contributed by atoms with Crippen LogP contribution in [0.1, 0.15) is 25.7 Å². The highest BCUT2D eigenvalue weighted by atomic mass is 19.1. The monoisotopic (exact) mass is 366 g/mol. The number of nitrogens with one attached hydrogen (secondary N) is 1. The summed E-state index contributed by atoms with van der Waals surface area (Å²) in [6.45, 7) is 3.46. The Morgan fingerprint density at radius 3 is 2.74 bits per heavy atom. The van der Waals surface area contributed by atoms with Crippen LogP contribution in [-0.2, 0) is 0 Å². The highest BCUT2D eigenvalue weighted by molar-refractivity contribution is 5.61. The molecular weight excluding hydrogens is 343 g/mol. The third-order valence-corrected chi connectivity index (χ3v) is 5.54. The number of rotatable bonds is 5. The van der Waals surface area contributed by atoms with Gasteiger partial charge in [0.2, 0.25) is 5.95 Å². The third-order valence-electron chi connectivity index (χ3n) is 5.54. The normalized spacial score (nSPS) is 18.9. The summed E-state index contributed by atoms with van der Waals surface area (Å²) in [6, 6.07) is 6.02. The second kappa shape index (κ2) is 6.88. The molecule has 27 heavy (non-hydrogen) atoms. The molecule has 0 atom stereocenters. The number of pyridine rings is 1. The van der Waals surface area contributed by atoms with Crippen molar-refractivity contribution in [2.24, 2.45) is 5.92 Å². The van der Waals surface area contributed by atoms with E-state index in [9.17, 15) is 4.39 Å². The van der Waals surface area contributed by atoms with Crippen LogP contribution in [-0.4, -0.2) is 49.9 Å². The van der Waals surface area contributed by atoms with Gasteiger partial charge in [0.15, 0.2) is 5.82 Å². The number of hydrogen-bond donors (Lipinski definition) is 1. The molecule has 4 heterocycles. The van der Waals surface area contributed by atoms with Crippen LogP contribution in [0, 0.1) is 11.7 Å². The molecule has 1 aliphatic carbocycles. The van der Waals surface area contributed by atoms with E-state index in [2.05, 4.69) is 25.2 Å². The van der Waals surface area contributed by atoms with Gasteiger partial charge in [-0.1, -0.05) is 6.07 Å². The predicted molar refractivity (Wildman–Crippen MR) is 102 cm³/mol. The number of hydrogen-bond acceptors (Lipinski definition) is 5. The van der Waals surface area contributed by atoms with Crippen LogP contribution in [0.5, 0.6) is 0 Å². The molecule has 0 aromatic carbocycles. The topological polar surface area (TPSA) is 58.4 Å². The number of piperidine rings is 1. The molecule has 1 saturated heterocycles. The lowest BCUT2D eigenvalue weighted by molar-refractivity contribution is 0.211. The quantitative estimate of drug-likeness (QED) is 0.751. The molecule has 0 bridgehead atoms. The van der Waals surface area contributed by atoms with E-state index in [1.54, 1.807) is 6.20 Å². The fraction of sp³-hybridized carbons (Fsp3) is 0.450. The maximum absolute atomic E-state index is 14.4. The van der Waals surface area contributed by atoms with E-state index < -0.39 is 5.82 Å². The summed E-state index contributed by atoms with van der Waals surface area (Å²) in [5, 5.41) is 3.40. The van der Waals surface area contributed by atoms with Crippen molar-refractivity contribution in [3.63, 3.8) is 0 Å². The van der Waals surface area contributed by atoms with E-state index in [4.69, 9.17) is 0 Å². The molecule has 0 unspecified atom stereocenters. The van der Waals surface area contributed by atoms with E-state index in [0.29, 0.717) is 17.7 Å². The van der Waals surface area contributed by atoms with Crippen molar-refractivity contribution in [2.45, 2.75) is 31.7 Å². The van der Waals surface area contributed by atoms with Crippen LogP contribution in [0.4, 0.5) is 10.3 Å². The first-order valence-corrected chi connectivity index (χ1v) is 9.70. The Hall–Kier alpha value is -2.54. The SMILES string of the molecule is Fc1cnc(NC2CCN(CC3CC3)CC2)nc1-c1cnc2ccccn12. The zero-order valence-electron chi connectivity index (χ0n) is 15.2. The summed E-state index contributed by atoms with van der Waals surface area (Å²) in [7, 11) is 0. The van der Waals surface area contributed by atoms with Gasteiger partial charge in [0.05, 0.1) is 18.1 Å². The molecule has 1 saturated carbocycles. The first kappa shape index (κ1) is 16.6. The zero-order chi connectivity index (χ0) is 18.2. The van der Waals surface area contributed by atoms with Gasteiger partial charge in [0, 0.05) is 31.9 Å². The molecule has 7 heteroatoms. The summed E-state index contributed by atoms with van der Waals surface area (Å²) in [5.41, 5.74) is 1.67. The molecule has 6 nitrogen and oxygen atoms in total. The average Bonchev–Trinajstić information content (AvgIpc) is 3.41. The minimum Gasteiger partial charge on any atom is -0.351 e. The van der Waals surface area contributed by atoms with Crippen molar-refractivity contribution in [1.82, 2.24) is 24.3 Å². The lowest BCUT2D eigenvalue weighted by Gasteiger charge is -2.32. The zero-order valence-corrected chi connectivity index (χ0v) is 15.2. The van der Waals surface area contributed by atoms with Crippen LogP contribution < -0.4 is 5.32 Å². The summed E-state index contributed by atoms with van der Waals surface area (Å²) in [5.74, 6) is 0.978. The molecule has 5 rings (SSSR count). The summed E-state index contributed by atoms with van der Waals surface area (Å²) >= 11 is 0. The van der Waals surface area contributed by atoms with Crippen molar-refractivity contribution in [3.05, 3.63) is 42.6 Å². The Morgan fingerprint density at radius 2 is 1.93 bits per heavy atom. The van der Waals surface area contributed by atoms with E-state index in [-0.39, 0.29) is 5.69 Å². The van der Waals surface area contributed by atoms with E-state index in [1.165, 1.54) is 25.6 Å². The standard InChI is InChI=1S/C20H23FN6/c21-16-11-23-20(24-15-6-9-26(10-7-15)13-14-4-5-14)25-19(16)17-12-22-18-3-1-2-8-27(17)18/h1-3,8,11-12,14-15H,4-7,9-10,13H2,(H,23,24,25). The molecule has 0 amide bonds. The van der Waals surface area contributed by atoms with Gasteiger partial charge in [-0.05, 0) is 43.7 Å². The van der Waals surface area contributed by atoms with Crippen molar-refractivity contribution >= 4 is 11.6 Å². The van der Waals surface area contributed by atoms with Gasteiger partial charge >= 0.3 is 0 Å². The molecule has 0 spiro atoms. The highest BCUT2D eigenvalue weighted by Crippen LogP contribution is 2.31. The Labute approximate surface area is 157 Å². The van der Waals surface area contributed by atoms with Crippen LogP contribution in [0.3, 0.4) is 0 Å². The fourth-order valence-corrected chi connectivity index (χ4v) is 3.83. The lowest BCUT2D eigenvalue weighted by atomic mass is 10.0. The molecule has 140 valence electrons. The number of anilines is 1. The highest BCUT2D eigenvalue weighted by Gasteiger charge is 2.27. The third kappa shape index (κ3) is 3.51. The van der Waals surface area contributed by atoms with Gasteiger partial charge in [0.1, 0.15) is 11.3 Å². The fourth-order valence-electron chi connectivity index (χ4n) is 3.83. The van der Waals surface area contributed by atoms with Crippen molar-refractivity contribution in [3.8, 4) is 11.4 Å². The predicted octanol–water partition coefficient (Wildman–Crippen LogP) is 3.22. The number of halogens is 1. The Bertz CT molecular complexity index is 943. The van der Waals surface area contributed by atoms with Crippen molar-refractivity contribution < 1.29 is 4.39 Å². The number of likely N-dealkylation sites (tertiary alicyclic amines) is 1. The maximum atomic E-state index is 14.4. The van der Waals surface area contributed by atoms with Crippen molar-refractivity contribution in [2.75, 3.05) is 25.0 Å². The van der Waals surface area contributed by atoms with Crippen LogP contribution >= 0.6 is 0 Å². The van der Waals surface area contributed by atoms with Crippen LogP contribution in [0.2, 0.25) is 0 Å².